The molecule has 6 heteroatoms. The normalized spacial score (nSPS) is 10.9. The molecule has 0 amide bonds. The molecule has 3 rings (SSSR count). The number of benzene rings is 1. The van der Waals surface area contributed by atoms with Gasteiger partial charge in [-0.15, -0.1) is 0 Å². The van der Waals surface area contributed by atoms with Crippen LogP contribution in [0.1, 0.15) is 0 Å². The summed E-state index contributed by atoms with van der Waals surface area (Å²) in [5, 5.41) is 4.02. The van der Waals surface area contributed by atoms with E-state index in [1.165, 1.54) is 18.5 Å². The van der Waals surface area contributed by atoms with Crippen LogP contribution in [0.2, 0.25) is 5.15 Å². The number of halogens is 2. The lowest BCUT2D eigenvalue weighted by molar-refractivity contribution is 0.458. The minimum absolute atomic E-state index is 0.185. The van der Waals surface area contributed by atoms with Gasteiger partial charge in [-0.25, -0.2) is 14.4 Å². The van der Waals surface area contributed by atoms with Gasteiger partial charge in [-0.1, -0.05) is 28.9 Å². The molecule has 0 radical (unpaired) electrons. The molecule has 2 heterocycles. The number of nitrogens with zero attached hydrogens (tertiary/aromatic N) is 3. The molecule has 2 aromatic heterocycles. The molecule has 0 spiro atoms. The Balaban J connectivity index is 2.28. The van der Waals surface area contributed by atoms with Gasteiger partial charge in [0, 0.05) is 5.56 Å². The fraction of sp³-hybridized carbons (Fsp3) is 0. The molecule has 4 nitrogen and oxygen atoms in total. The van der Waals surface area contributed by atoms with E-state index in [0.717, 1.165) is 0 Å². The van der Waals surface area contributed by atoms with Gasteiger partial charge in [0.05, 0.1) is 0 Å². The third-order valence-electron chi connectivity index (χ3n) is 2.31. The molecule has 0 aliphatic rings. The lowest BCUT2D eigenvalue weighted by Gasteiger charge is -1.95. The monoisotopic (exact) mass is 249 g/mol. The lowest BCUT2D eigenvalue weighted by atomic mass is 10.1. The van der Waals surface area contributed by atoms with Gasteiger partial charge in [0.1, 0.15) is 23.4 Å². The van der Waals surface area contributed by atoms with Crippen molar-refractivity contribution in [3.63, 3.8) is 0 Å². The van der Waals surface area contributed by atoms with E-state index in [4.69, 9.17) is 16.1 Å². The van der Waals surface area contributed by atoms with E-state index in [9.17, 15) is 4.39 Å². The summed E-state index contributed by atoms with van der Waals surface area (Å²) in [5.41, 5.74) is 1.80. The minimum Gasteiger partial charge on any atom is -0.351 e. The molecule has 0 atom stereocenters. The van der Waals surface area contributed by atoms with Gasteiger partial charge in [0.15, 0.2) is 5.15 Å². The predicted molar refractivity (Wildman–Crippen MR) is 60.0 cm³/mol. The van der Waals surface area contributed by atoms with Crippen LogP contribution in [0.15, 0.2) is 35.1 Å². The van der Waals surface area contributed by atoms with E-state index in [-0.39, 0.29) is 11.0 Å². The van der Waals surface area contributed by atoms with Crippen molar-refractivity contribution >= 4 is 22.7 Å². The van der Waals surface area contributed by atoms with Crippen molar-refractivity contribution in [2.75, 3.05) is 0 Å². The Labute approximate surface area is 100 Å². The molecule has 0 aliphatic carbocycles. The summed E-state index contributed by atoms with van der Waals surface area (Å²) in [6, 6.07) is 6.02. The topological polar surface area (TPSA) is 51.8 Å². The van der Waals surface area contributed by atoms with E-state index in [2.05, 4.69) is 15.1 Å². The van der Waals surface area contributed by atoms with E-state index >= 15 is 0 Å². The van der Waals surface area contributed by atoms with Crippen LogP contribution in [0.25, 0.3) is 22.4 Å². The quantitative estimate of drug-likeness (QED) is 0.622. The molecule has 17 heavy (non-hydrogen) atoms. The van der Waals surface area contributed by atoms with E-state index in [1.807, 2.05) is 0 Å². The average molecular weight is 250 g/mol. The molecule has 0 aliphatic heterocycles. The fourth-order valence-corrected chi connectivity index (χ4v) is 1.73. The van der Waals surface area contributed by atoms with Gasteiger partial charge in [-0.05, 0) is 12.1 Å². The molecular weight excluding hydrogens is 245 g/mol. The maximum Gasteiger partial charge on any atom is 0.223 e. The highest BCUT2D eigenvalue weighted by molar-refractivity contribution is 6.33. The van der Waals surface area contributed by atoms with Crippen LogP contribution >= 0.6 is 11.6 Å². The zero-order valence-electron chi connectivity index (χ0n) is 8.39. The summed E-state index contributed by atoms with van der Waals surface area (Å²) in [6.07, 6.45) is 1.31. The molecule has 0 fully saturated rings. The molecule has 0 saturated carbocycles. The molecule has 0 unspecified atom stereocenters. The molecule has 0 saturated heterocycles. The van der Waals surface area contributed by atoms with Crippen LogP contribution in [-0.4, -0.2) is 15.1 Å². The van der Waals surface area contributed by atoms with Crippen molar-refractivity contribution in [2.24, 2.45) is 0 Å². The summed E-state index contributed by atoms with van der Waals surface area (Å²) >= 11 is 5.83. The zero-order chi connectivity index (χ0) is 11.8. The highest BCUT2D eigenvalue weighted by Crippen LogP contribution is 2.29. The zero-order valence-corrected chi connectivity index (χ0v) is 9.15. The van der Waals surface area contributed by atoms with Crippen molar-refractivity contribution in [3.05, 3.63) is 41.6 Å². The van der Waals surface area contributed by atoms with Gasteiger partial charge in [0.25, 0.3) is 0 Å². The van der Waals surface area contributed by atoms with Crippen molar-refractivity contribution in [1.82, 2.24) is 15.1 Å². The van der Waals surface area contributed by atoms with Gasteiger partial charge >= 0.3 is 0 Å². The predicted octanol–water partition coefficient (Wildman–Crippen LogP) is 3.08. The van der Waals surface area contributed by atoms with Crippen LogP contribution < -0.4 is 0 Å². The van der Waals surface area contributed by atoms with Gasteiger partial charge in [-0.3, -0.25) is 0 Å². The first-order valence-electron chi connectivity index (χ1n) is 4.77. The summed E-state index contributed by atoms with van der Waals surface area (Å²) in [5.74, 6) is -0.348. The molecule has 0 N–H and O–H groups in total. The first kappa shape index (κ1) is 10.2. The average Bonchev–Trinajstić information content (AvgIpc) is 2.74. The maximum absolute atomic E-state index is 13.1. The smallest absolute Gasteiger partial charge is 0.223 e. The van der Waals surface area contributed by atoms with Crippen molar-refractivity contribution in [1.29, 1.82) is 0 Å². The highest BCUT2D eigenvalue weighted by atomic mass is 35.5. The van der Waals surface area contributed by atoms with Gasteiger partial charge in [0.2, 0.25) is 5.58 Å². The van der Waals surface area contributed by atoms with E-state index in [0.29, 0.717) is 22.4 Å². The Bertz CT molecular complexity index is 698. The summed E-state index contributed by atoms with van der Waals surface area (Å²) in [4.78, 5) is 7.81. The van der Waals surface area contributed by atoms with E-state index in [1.54, 1.807) is 12.1 Å². The number of hydrogen-bond donors (Lipinski definition) is 0. The number of hydrogen-bond acceptors (Lipinski definition) is 4. The second kappa shape index (κ2) is 3.78. The SMILES string of the molecule is Fc1cccc(-c2noc3c(Cl)ncnc23)c1. The molecule has 1 aromatic carbocycles. The Morgan fingerprint density at radius 2 is 2.12 bits per heavy atom. The van der Waals surface area contributed by atoms with Gasteiger partial charge < -0.3 is 4.52 Å². The summed E-state index contributed by atoms with van der Waals surface area (Å²) in [7, 11) is 0. The molecular formula is C11H5ClFN3O. The highest BCUT2D eigenvalue weighted by Gasteiger charge is 2.15. The van der Waals surface area contributed by atoms with Crippen LogP contribution in [0.4, 0.5) is 4.39 Å². The first-order chi connectivity index (χ1) is 8.25. The third-order valence-corrected chi connectivity index (χ3v) is 2.58. The van der Waals surface area contributed by atoms with Crippen LogP contribution in [0, 0.1) is 5.82 Å². The minimum atomic E-state index is -0.348. The second-order valence-electron chi connectivity index (χ2n) is 3.38. The third kappa shape index (κ3) is 1.64. The maximum atomic E-state index is 13.1. The Hall–Kier alpha value is -2.01. The number of aromatic nitrogens is 3. The van der Waals surface area contributed by atoms with Crippen molar-refractivity contribution < 1.29 is 8.91 Å². The standard InChI is InChI=1S/C11H5ClFN3O/c12-11-10-9(14-5-15-11)8(16-17-10)6-2-1-3-7(13)4-6/h1-5H. The first-order valence-corrected chi connectivity index (χ1v) is 5.15. The molecule has 84 valence electrons. The second-order valence-corrected chi connectivity index (χ2v) is 3.74. The Kier molecular flexibility index (Phi) is 2.26. The van der Waals surface area contributed by atoms with Crippen molar-refractivity contribution in [2.45, 2.75) is 0 Å². The van der Waals surface area contributed by atoms with Crippen LogP contribution in [0.5, 0.6) is 0 Å². The van der Waals surface area contributed by atoms with Crippen LogP contribution in [0.3, 0.4) is 0 Å². The largest absolute Gasteiger partial charge is 0.351 e. The Morgan fingerprint density at radius 1 is 1.24 bits per heavy atom. The fourth-order valence-electron chi connectivity index (χ4n) is 1.56. The molecule has 3 aromatic rings. The lowest BCUT2D eigenvalue weighted by Crippen LogP contribution is -1.84. The molecule has 0 bridgehead atoms. The van der Waals surface area contributed by atoms with Crippen molar-refractivity contribution in [3.8, 4) is 11.3 Å². The van der Waals surface area contributed by atoms with E-state index < -0.39 is 0 Å². The Morgan fingerprint density at radius 3 is 2.94 bits per heavy atom. The van der Waals surface area contributed by atoms with Crippen LogP contribution in [-0.2, 0) is 0 Å². The van der Waals surface area contributed by atoms with Gasteiger partial charge in [-0.2, -0.15) is 0 Å². The number of fused-ring (bicyclic) bond motifs is 1. The number of rotatable bonds is 1. The summed E-state index contributed by atoms with van der Waals surface area (Å²) in [6.45, 7) is 0. The summed E-state index contributed by atoms with van der Waals surface area (Å²) < 4.78 is 18.2.